The first kappa shape index (κ1) is 18.1. The number of Topliss-reactive ketones (excluding diaryl/α,β-unsaturated/α-hetero) is 1. The molecule has 1 saturated carbocycles. The van der Waals surface area contributed by atoms with E-state index in [1.807, 2.05) is 31.2 Å². The van der Waals surface area contributed by atoms with Gasteiger partial charge in [0.05, 0.1) is 18.1 Å². The maximum atomic E-state index is 12.8. The van der Waals surface area contributed by atoms with E-state index in [1.54, 1.807) is 18.9 Å². The fourth-order valence-corrected chi connectivity index (χ4v) is 4.62. The molecule has 1 fully saturated rings. The molecule has 1 atom stereocenters. The second kappa shape index (κ2) is 7.65. The highest BCUT2D eigenvalue weighted by Gasteiger charge is 2.26. The highest BCUT2D eigenvalue weighted by atomic mass is 32.2. The first-order chi connectivity index (χ1) is 12.0. The Morgan fingerprint density at radius 3 is 2.48 bits per heavy atom. The van der Waals surface area contributed by atoms with Gasteiger partial charge in [0, 0.05) is 17.3 Å². The van der Waals surface area contributed by atoms with Gasteiger partial charge < -0.3 is 9.30 Å². The summed E-state index contributed by atoms with van der Waals surface area (Å²) < 4.78 is 7.53. The molecule has 3 rings (SSSR count). The predicted octanol–water partition coefficient (Wildman–Crippen LogP) is 4.99. The van der Waals surface area contributed by atoms with Crippen molar-refractivity contribution in [3.63, 3.8) is 0 Å². The van der Waals surface area contributed by atoms with Crippen molar-refractivity contribution in [2.75, 3.05) is 7.11 Å². The van der Waals surface area contributed by atoms with Crippen molar-refractivity contribution in [3.05, 3.63) is 41.2 Å². The molecule has 0 spiro atoms. The lowest BCUT2D eigenvalue weighted by Crippen LogP contribution is -2.16. The van der Waals surface area contributed by atoms with Crippen LogP contribution in [0.15, 0.2) is 29.4 Å². The molecule has 0 bridgehead atoms. The molecular formula is C20H26N2O2S. The molecule has 0 N–H and O–H groups in total. The zero-order valence-electron chi connectivity index (χ0n) is 15.4. The smallest absolute Gasteiger partial charge is 0.175 e. The Hall–Kier alpha value is -1.75. The maximum absolute atomic E-state index is 12.8. The third kappa shape index (κ3) is 3.76. The van der Waals surface area contributed by atoms with Gasteiger partial charge >= 0.3 is 0 Å². The van der Waals surface area contributed by atoms with Gasteiger partial charge in [0.15, 0.2) is 10.9 Å². The third-order valence-corrected chi connectivity index (χ3v) is 6.14. The number of ether oxygens (including phenoxy) is 1. The Bertz CT molecular complexity index is 746. The quantitative estimate of drug-likeness (QED) is 0.539. The first-order valence-corrected chi connectivity index (χ1v) is 9.79. The first-order valence-electron chi connectivity index (χ1n) is 8.91. The minimum absolute atomic E-state index is 0.129. The molecule has 5 heteroatoms. The van der Waals surface area contributed by atoms with Crippen LogP contribution >= 0.6 is 11.8 Å². The number of methoxy groups -OCH3 is 1. The normalized spacial score (nSPS) is 16.2. The van der Waals surface area contributed by atoms with E-state index in [0.717, 1.165) is 16.6 Å². The molecule has 1 aromatic carbocycles. The van der Waals surface area contributed by atoms with E-state index < -0.39 is 0 Å². The summed E-state index contributed by atoms with van der Waals surface area (Å²) in [7, 11) is 1.63. The van der Waals surface area contributed by atoms with E-state index in [2.05, 4.69) is 18.4 Å². The summed E-state index contributed by atoms with van der Waals surface area (Å²) in [6, 6.07) is 7.86. The largest absolute Gasteiger partial charge is 0.497 e. The molecule has 0 saturated heterocycles. The Kier molecular flexibility index (Phi) is 5.52. The average molecular weight is 359 g/mol. The van der Waals surface area contributed by atoms with Crippen LogP contribution in [-0.4, -0.2) is 27.7 Å². The molecule has 1 unspecified atom stereocenters. The number of nitrogens with zero attached hydrogens (tertiary/aromatic N) is 2. The zero-order chi connectivity index (χ0) is 18.0. The third-order valence-electron chi connectivity index (χ3n) is 5.07. The maximum Gasteiger partial charge on any atom is 0.175 e. The molecule has 0 aliphatic heterocycles. The average Bonchev–Trinajstić information content (AvgIpc) is 3.23. The van der Waals surface area contributed by atoms with Crippen LogP contribution in [0.25, 0.3) is 0 Å². The number of benzene rings is 1. The summed E-state index contributed by atoms with van der Waals surface area (Å²) in [4.78, 5) is 17.5. The van der Waals surface area contributed by atoms with Crippen LogP contribution in [0.1, 0.15) is 60.4 Å². The standard InChI is InChI=1S/C20H26N2O2S/c1-13-14(2)22(17-7-5-6-8-17)20(21-13)25-15(3)19(23)16-9-11-18(24-4)12-10-16/h9-12,15,17H,5-8H2,1-4H3. The van der Waals surface area contributed by atoms with Crippen molar-refractivity contribution >= 4 is 17.5 Å². The number of carbonyl (C=O) groups is 1. The molecule has 134 valence electrons. The fraction of sp³-hybridized carbons (Fsp3) is 0.500. The van der Waals surface area contributed by atoms with Crippen LogP contribution in [0.5, 0.6) is 5.75 Å². The van der Waals surface area contributed by atoms with E-state index in [9.17, 15) is 4.79 Å². The summed E-state index contributed by atoms with van der Waals surface area (Å²) in [5.41, 5.74) is 3.02. The van der Waals surface area contributed by atoms with Gasteiger partial charge in [0.25, 0.3) is 0 Å². The zero-order valence-corrected chi connectivity index (χ0v) is 16.2. The van der Waals surface area contributed by atoms with Gasteiger partial charge in [-0.1, -0.05) is 24.6 Å². The van der Waals surface area contributed by atoms with Crippen molar-refractivity contribution in [2.24, 2.45) is 0 Å². The van der Waals surface area contributed by atoms with Gasteiger partial charge in [0.1, 0.15) is 5.75 Å². The number of aromatic nitrogens is 2. The highest BCUT2D eigenvalue weighted by molar-refractivity contribution is 8.00. The number of thioether (sulfide) groups is 1. The summed E-state index contributed by atoms with van der Waals surface area (Å²) in [6.07, 6.45) is 4.99. The fourth-order valence-electron chi connectivity index (χ4n) is 3.47. The number of imidazole rings is 1. The minimum atomic E-state index is -0.172. The minimum Gasteiger partial charge on any atom is -0.497 e. The monoisotopic (exact) mass is 358 g/mol. The van der Waals surface area contributed by atoms with Gasteiger partial charge in [-0.3, -0.25) is 4.79 Å². The lowest BCUT2D eigenvalue weighted by atomic mass is 10.1. The Balaban J connectivity index is 1.79. The molecule has 0 amide bonds. The van der Waals surface area contributed by atoms with Gasteiger partial charge in [-0.05, 0) is 57.9 Å². The van der Waals surface area contributed by atoms with E-state index in [1.165, 1.54) is 31.4 Å². The molecule has 4 nitrogen and oxygen atoms in total. The Morgan fingerprint density at radius 1 is 1.24 bits per heavy atom. The van der Waals surface area contributed by atoms with Crippen LogP contribution in [0.2, 0.25) is 0 Å². The lowest BCUT2D eigenvalue weighted by molar-refractivity contribution is 0.0993. The van der Waals surface area contributed by atoms with Crippen molar-refractivity contribution in [2.45, 2.75) is 62.9 Å². The summed E-state index contributed by atoms with van der Waals surface area (Å²) in [5.74, 6) is 0.892. The molecule has 1 heterocycles. The topological polar surface area (TPSA) is 44.1 Å². The van der Waals surface area contributed by atoms with E-state index in [4.69, 9.17) is 9.72 Å². The summed E-state index contributed by atoms with van der Waals surface area (Å²) >= 11 is 1.58. The Morgan fingerprint density at radius 2 is 1.88 bits per heavy atom. The van der Waals surface area contributed by atoms with Gasteiger partial charge in [-0.15, -0.1) is 0 Å². The lowest BCUT2D eigenvalue weighted by Gasteiger charge is -2.18. The van der Waals surface area contributed by atoms with Crippen LogP contribution in [0, 0.1) is 13.8 Å². The van der Waals surface area contributed by atoms with E-state index in [-0.39, 0.29) is 11.0 Å². The van der Waals surface area contributed by atoms with Crippen LogP contribution in [0.3, 0.4) is 0 Å². The SMILES string of the molecule is COc1ccc(C(=O)C(C)Sc2nc(C)c(C)n2C2CCCC2)cc1. The van der Waals surface area contributed by atoms with Crippen LogP contribution in [0.4, 0.5) is 0 Å². The molecule has 0 radical (unpaired) electrons. The molecule has 2 aromatic rings. The Labute approximate surface area is 154 Å². The number of hydrogen-bond donors (Lipinski definition) is 0. The highest BCUT2D eigenvalue weighted by Crippen LogP contribution is 2.36. The molecule has 1 aliphatic carbocycles. The van der Waals surface area contributed by atoms with Crippen LogP contribution < -0.4 is 4.74 Å². The molecular weight excluding hydrogens is 332 g/mol. The summed E-state index contributed by atoms with van der Waals surface area (Å²) in [6.45, 7) is 6.16. The van der Waals surface area contributed by atoms with Gasteiger partial charge in [-0.2, -0.15) is 0 Å². The predicted molar refractivity (Wildman–Crippen MR) is 102 cm³/mol. The van der Waals surface area contributed by atoms with Gasteiger partial charge in [0.2, 0.25) is 0 Å². The molecule has 1 aromatic heterocycles. The number of aryl methyl sites for hydroxylation is 1. The van der Waals surface area contributed by atoms with Crippen molar-refractivity contribution in [3.8, 4) is 5.75 Å². The number of carbonyl (C=O) groups excluding carboxylic acids is 1. The number of hydrogen-bond acceptors (Lipinski definition) is 4. The molecule has 1 aliphatic rings. The second-order valence-corrected chi connectivity index (χ2v) is 8.03. The second-order valence-electron chi connectivity index (χ2n) is 6.73. The number of rotatable bonds is 6. The van der Waals surface area contributed by atoms with Gasteiger partial charge in [-0.25, -0.2) is 4.98 Å². The van der Waals surface area contributed by atoms with Crippen LogP contribution in [-0.2, 0) is 0 Å². The van der Waals surface area contributed by atoms with Crippen molar-refractivity contribution in [1.29, 1.82) is 0 Å². The van der Waals surface area contributed by atoms with E-state index in [0.29, 0.717) is 11.6 Å². The van der Waals surface area contributed by atoms with Crippen molar-refractivity contribution in [1.82, 2.24) is 9.55 Å². The summed E-state index contributed by atoms with van der Waals surface area (Å²) in [5, 5.41) is 0.811. The van der Waals surface area contributed by atoms with Crippen molar-refractivity contribution < 1.29 is 9.53 Å². The van der Waals surface area contributed by atoms with E-state index >= 15 is 0 Å². The molecule has 25 heavy (non-hydrogen) atoms. The number of ketones is 1.